The topological polar surface area (TPSA) is 66.0 Å². The SMILES string of the molecule is COc1cc2c(-n3ccnc3)cc(N)nc2cc1Cl. The molecule has 0 saturated heterocycles. The molecule has 0 atom stereocenters. The molecule has 0 fully saturated rings. The van der Waals surface area contributed by atoms with Crippen molar-refractivity contribution < 1.29 is 4.74 Å². The van der Waals surface area contributed by atoms with Gasteiger partial charge in [-0.3, -0.25) is 0 Å². The van der Waals surface area contributed by atoms with Crippen molar-refractivity contribution in [2.45, 2.75) is 0 Å². The van der Waals surface area contributed by atoms with E-state index in [1.807, 2.05) is 16.8 Å². The number of aromatic nitrogens is 3. The lowest BCUT2D eigenvalue weighted by Crippen LogP contribution is -1.98. The van der Waals surface area contributed by atoms with E-state index in [2.05, 4.69) is 9.97 Å². The highest BCUT2D eigenvalue weighted by atomic mass is 35.5. The fourth-order valence-corrected chi connectivity index (χ4v) is 2.24. The molecule has 0 spiro atoms. The fraction of sp³-hybridized carbons (Fsp3) is 0.0769. The first-order valence-corrected chi connectivity index (χ1v) is 5.99. The van der Waals surface area contributed by atoms with Crippen molar-refractivity contribution in [3.05, 3.63) is 41.9 Å². The summed E-state index contributed by atoms with van der Waals surface area (Å²) in [6.07, 6.45) is 5.25. The van der Waals surface area contributed by atoms with E-state index in [-0.39, 0.29) is 0 Å². The molecule has 0 unspecified atom stereocenters. The van der Waals surface area contributed by atoms with E-state index in [0.29, 0.717) is 16.6 Å². The second-order valence-electron chi connectivity index (χ2n) is 4.04. The van der Waals surface area contributed by atoms with Crippen LogP contribution in [0.2, 0.25) is 5.02 Å². The predicted octanol–water partition coefficient (Wildman–Crippen LogP) is 2.66. The molecule has 0 aliphatic carbocycles. The van der Waals surface area contributed by atoms with Crippen molar-refractivity contribution in [3.63, 3.8) is 0 Å². The second kappa shape index (κ2) is 4.44. The molecule has 2 aromatic heterocycles. The van der Waals surface area contributed by atoms with Crippen molar-refractivity contribution in [1.29, 1.82) is 0 Å². The number of hydrogen-bond donors (Lipinski definition) is 1. The van der Waals surface area contributed by atoms with Crippen LogP contribution in [0.5, 0.6) is 5.75 Å². The van der Waals surface area contributed by atoms with Crippen LogP contribution < -0.4 is 10.5 Å². The summed E-state index contributed by atoms with van der Waals surface area (Å²) < 4.78 is 7.11. The summed E-state index contributed by atoms with van der Waals surface area (Å²) in [5.41, 5.74) is 7.43. The molecule has 1 aromatic carbocycles. The van der Waals surface area contributed by atoms with Crippen LogP contribution in [0.1, 0.15) is 0 Å². The van der Waals surface area contributed by atoms with Gasteiger partial charge in [-0.15, -0.1) is 0 Å². The van der Waals surface area contributed by atoms with Crippen LogP contribution in [0.4, 0.5) is 5.82 Å². The summed E-state index contributed by atoms with van der Waals surface area (Å²) in [4.78, 5) is 8.33. The number of nitrogen functional groups attached to an aromatic ring is 1. The minimum atomic E-state index is 0.428. The number of hydrogen-bond acceptors (Lipinski definition) is 4. The number of halogens is 1. The summed E-state index contributed by atoms with van der Waals surface area (Å²) >= 11 is 6.11. The standard InChI is InChI=1S/C13H11ClN4O/c1-19-12-4-8-10(5-9(12)14)17-13(15)6-11(8)18-3-2-16-7-18/h2-7H,1H3,(H2,15,17). The molecule has 96 valence electrons. The number of benzene rings is 1. The summed E-state index contributed by atoms with van der Waals surface area (Å²) in [5.74, 6) is 1.03. The Morgan fingerprint density at radius 3 is 2.84 bits per heavy atom. The average molecular weight is 275 g/mol. The number of nitrogens with zero attached hydrogens (tertiary/aromatic N) is 3. The highest BCUT2D eigenvalue weighted by molar-refractivity contribution is 6.32. The third-order valence-corrected chi connectivity index (χ3v) is 3.16. The first-order valence-electron chi connectivity index (χ1n) is 5.61. The molecular weight excluding hydrogens is 264 g/mol. The number of anilines is 1. The van der Waals surface area contributed by atoms with Gasteiger partial charge in [-0.05, 0) is 12.1 Å². The molecule has 5 nitrogen and oxygen atoms in total. The summed E-state index contributed by atoms with van der Waals surface area (Å²) in [5, 5.41) is 1.40. The molecule has 0 bridgehead atoms. The van der Waals surface area contributed by atoms with E-state index in [0.717, 1.165) is 16.6 Å². The summed E-state index contributed by atoms with van der Waals surface area (Å²) in [7, 11) is 1.58. The normalized spacial score (nSPS) is 10.8. The van der Waals surface area contributed by atoms with Gasteiger partial charge in [0.15, 0.2) is 0 Å². The van der Waals surface area contributed by atoms with Crippen LogP contribution in [-0.2, 0) is 0 Å². The van der Waals surface area contributed by atoms with E-state index < -0.39 is 0 Å². The van der Waals surface area contributed by atoms with Gasteiger partial charge in [0.05, 0.1) is 29.7 Å². The lowest BCUT2D eigenvalue weighted by Gasteiger charge is -2.11. The number of ether oxygens (including phenoxy) is 1. The van der Waals surface area contributed by atoms with Crippen LogP contribution in [0.3, 0.4) is 0 Å². The van der Waals surface area contributed by atoms with E-state index in [4.69, 9.17) is 22.1 Å². The number of pyridine rings is 1. The highest BCUT2D eigenvalue weighted by Gasteiger charge is 2.10. The molecule has 0 aliphatic heterocycles. The molecule has 0 aliphatic rings. The molecule has 2 heterocycles. The second-order valence-corrected chi connectivity index (χ2v) is 4.45. The lowest BCUT2D eigenvalue weighted by molar-refractivity contribution is 0.415. The van der Waals surface area contributed by atoms with Crippen LogP contribution in [0, 0.1) is 0 Å². The zero-order chi connectivity index (χ0) is 13.4. The molecular formula is C13H11ClN4O. The Labute approximate surface area is 114 Å². The van der Waals surface area contributed by atoms with Gasteiger partial charge in [0.2, 0.25) is 0 Å². The van der Waals surface area contributed by atoms with Crippen molar-refractivity contribution in [2.24, 2.45) is 0 Å². The quantitative estimate of drug-likeness (QED) is 0.780. The smallest absolute Gasteiger partial charge is 0.138 e. The summed E-state index contributed by atoms with van der Waals surface area (Å²) in [6, 6.07) is 5.38. The third-order valence-electron chi connectivity index (χ3n) is 2.86. The largest absolute Gasteiger partial charge is 0.495 e. The molecule has 6 heteroatoms. The maximum Gasteiger partial charge on any atom is 0.138 e. The summed E-state index contributed by atoms with van der Waals surface area (Å²) in [6.45, 7) is 0. The molecule has 0 radical (unpaired) electrons. The predicted molar refractivity (Wildman–Crippen MR) is 74.8 cm³/mol. The maximum absolute atomic E-state index is 6.11. The number of methoxy groups -OCH3 is 1. The van der Waals surface area contributed by atoms with Gasteiger partial charge in [0.1, 0.15) is 11.6 Å². The van der Waals surface area contributed by atoms with Crippen LogP contribution in [0.15, 0.2) is 36.9 Å². The van der Waals surface area contributed by atoms with Crippen molar-refractivity contribution >= 4 is 28.3 Å². The zero-order valence-corrected chi connectivity index (χ0v) is 10.9. The fourth-order valence-electron chi connectivity index (χ4n) is 2.00. The van der Waals surface area contributed by atoms with Gasteiger partial charge in [-0.25, -0.2) is 9.97 Å². The number of imidazole rings is 1. The van der Waals surface area contributed by atoms with Gasteiger partial charge in [0.25, 0.3) is 0 Å². The maximum atomic E-state index is 6.11. The van der Waals surface area contributed by atoms with E-state index >= 15 is 0 Å². The van der Waals surface area contributed by atoms with Crippen molar-refractivity contribution in [1.82, 2.24) is 14.5 Å². The van der Waals surface area contributed by atoms with Gasteiger partial charge < -0.3 is 15.0 Å². The first-order chi connectivity index (χ1) is 9.19. The van der Waals surface area contributed by atoms with Gasteiger partial charge in [-0.1, -0.05) is 11.6 Å². The van der Waals surface area contributed by atoms with E-state index in [1.165, 1.54) is 0 Å². The first kappa shape index (κ1) is 11.8. The van der Waals surface area contributed by atoms with Gasteiger partial charge >= 0.3 is 0 Å². The van der Waals surface area contributed by atoms with Crippen LogP contribution in [0.25, 0.3) is 16.6 Å². The van der Waals surface area contributed by atoms with E-state index in [9.17, 15) is 0 Å². The van der Waals surface area contributed by atoms with Crippen LogP contribution in [-0.4, -0.2) is 21.6 Å². The molecule has 0 amide bonds. The zero-order valence-electron chi connectivity index (χ0n) is 10.2. The van der Waals surface area contributed by atoms with Gasteiger partial charge in [0, 0.05) is 23.8 Å². The molecule has 3 rings (SSSR count). The van der Waals surface area contributed by atoms with Crippen LogP contribution >= 0.6 is 11.6 Å². The Kier molecular flexibility index (Phi) is 2.76. The van der Waals surface area contributed by atoms with E-state index in [1.54, 1.807) is 31.8 Å². The lowest BCUT2D eigenvalue weighted by atomic mass is 10.1. The molecule has 0 saturated carbocycles. The minimum Gasteiger partial charge on any atom is -0.495 e. The minimum absolute atomic E-state index is 0.428. The van der Waals surface area contributed by atoms with Crippen molar-refractivity contribution in [2.75, 3.05) is 12.8 Å². The Morgan fingerprint density at radius 1 is 1.32 bits per heavy atom. The molecule has 3 aromatic rings. The highest BCUT2D eigenvalue weighted by Crippen LogP contribution is 2.32. The molecule has 2 N–H and O–H groups in total. The molecule has 19 heavy (non-hydrogen) atoms. The Hall–Kier alpha value is -2.27. The Balaban J connectivity index is 2.37. The number of nitrogens with two attached hydrogens (primary N) is 1. The monoisotopic (exact) mass is 274 g/mol. The third kappa shape index (κ3) is 1.98. The van der Waals surface area contributed by atoms with Gasteiger partial charge in [-0.2, -0.15) is 0 Å². The number of rotatable bonds is 2. The average Bonchev–Trinajstić information content (AvgIpc) is 2.90. The Morgan fingerprint density at radius 2 is 2.16 bits per heavy atom. The van der Waals surface area contributed by atoms with Crippen molar-refractivity contribution in [3.8, 4) is 11.4 Å². The number of fused-ring (bicyclic) bond motifs is 1. The Bertz CT molecular complexity index is 740.